The predicted molar refractivity (Wildman–Crippen MR) is 80.2 cm³/mol. The van der Waals surface area contributed by atoms with E-state index in [1.165, 1.54) is 6.92 Å². The van der Waals surface area contributed by atoms with Gasteiger partial charge in [-0.1, -0.05) is 31.2 Å². The Labute approximate surface area is 125 Å². The molecule has 1 aromatic carbocycles. The molecule has 1 atom stereocenters. The quantitative estimate of drug-likeness (QED) is 0.418. The van der Waals surface area contributed by atoms with Crippen molar-refractivity contribution in [3.63, 3.8) is 0 Å². The Morgan fingerprint density at radius 3 is 2.65 bits per heavy atom. The van der Waals surface area contributed by atoms with Crippen LogP contribution in [-0.2, 0) is 16.0 Å². The van der Waals surface area contributed by atoms with E-state index >= 15 is 0 Å². The van der Waals surface area contributed by atoms with Crippen LogP contribution in [0.5, 0.6) is 0 Å². The fourth-order valence-electron chi connectivity index (χ4n) is 2.03. The highest BCUT2D eigenvalue weighted by Gasteiger charge is 2.13. The summed E-state index contributed by atoms with van der Waals surface area (Å²) in [6.45, 7) is 3.78. The van der Waals surface area contributed by atoms with Gasteiger partial charge in [-0.15, -0.1) is 11.6 Å². The number of carbonyl (C=O) groups is 2. The van der Waals surface area contributed by atoms with Gasteiger partial charge in [0, 0.05) is 24.8 Å². The molecule has 0 bridgehead atoms. The topological polar surface area (TPSA) is 43.4 Å². The van der Waals surface area contributed by atoms with E-state index < -0.39 is 0 Å². The van der Waals surface area contributed by atoms with Gasteiger partial charge in [0.2, 0.25) is 0 Å². The Hall–Kier alpha value is -1.35. The minimum absolute atomic E-state index is 0.126. The van der Waals surface area contributed by atoms with Gasteiger partial charge in [0.05, 0.1) is 6.61 Å². The zero-order valence-electron chi connectivity index (χ0n) is 12.0. The van der Waals surface area contributed by atoms with Crippen LogP contribution in [0, 0.1) is 5.92 Å². The van der Waals surface area contributed by atoms with Crippen molar-refractivity contribution in [1.29, 1.82) is 0 Å². The summed E-state index contributed by atoms with van der Waals surface area (Å²) in [5.41, 5.74) is 1.76. The van der Waals surface area contributed by atoms with Gasteiger partial charge >= 0.3 is 5.97 Å². The lowest BCUT2D eigenvalue weighted by Crippen LogP contribution is -2.14. The second-order valence-electron chi connectivity index (χ2n) is 4.98. The number of Topliss-reactive ketones (excluding diaryl/α,β-unsaturated/α-hetero) is 1. The summed E-state index contributed by atoms with van der Waals surface area (Å²) < 4.78 is 5.00. The number of ether oxygens (including phenoxy) is 1. The molecule has 0 spiro atoms. The maximum atomic E-state index is 12.1. The molecule has 0 saturated carbocycles. The van der Waals surface area contributed by atoms with E-state index in [9.17, 15) is 9.59 Å². The van der Waals surface area contributed by atoms with E-state index in [2.05, 4.69) is 0 Å². The van der Waals surface area contributed by atoms with Gasteiger partial charge in [-0.2, -0.15) is 0 Å². The first kappa shape index (κ1) is 16.7. The monoisotopic (exact) mass is 296 g/mol. The molecule has 1 aromatic rings. The van der Waals surface area contributed by atoms with Gasteiger partial charge in [-0.3, -0.25) is 9.59 Å². The third-order valence-corrected chi connectivity index (χ3v) is 3.26. The summed E-state index contributed by atoms with van der Waals surface area (Å²) in [6, 6.07) is 7.60. The van der Waals surface area contributed by atoms with Crippen molar-refractivity contribution in [3.05, 3.63) is 35.4 Å². The van der Waals surface area contributed by atoms with E-state index in [-0.39, 0.29) is 17.7 Å². The van der Waals surface area contributed by atoms with Crippen LogP contribution in [-0.4, -0.2) is 24.2 Å². The van der Waals surface area contributed by atoms with E-state index in [0.29, 0.717) is 25.3 Å². The average Bonchev–Trinajstić information content (AvgIpc) is 2.43. The Balaban J connectivity index is 2.69. The van der Waals surface area contributed by atoms with Gasteiger partial charge in [0.1, 0.15) is 0 Å². The summed E-state index contributed by atoms with van der Waals surface area (Å²) in [4.78, 5) is 22.9. The predicted octanol–water partition coefficient (Wildman–Crippen LogP) is 3.63. The molecule has 0 aliphatic carbocycles. The van der Waals surface area contributed by atoms with Crippen LogP contribution in [0.4, 0.5) is 0 Å². The van der Waals surface area contributed by atoms with Crippen LogP contribution in [0.25, 0.3) is 0 Å². The largest absolute Gasteiger partial charge is 0.466 e. The minimum atomic E-state index is -0.275. The average molecular weight is 297 g/mol. The van der Waals surface area contributed by atoms with E-state index in [1.807, 2.05) is 31.2 Å². The zero-order chi connectivity index (χ0) is 15.0. The van der Waals surface area contributed by atoms with Crippen LogP contribution < -0.4 is 0 Å². The summed E-state index contributed by atoms with van der Waals surface area (Å²) in [7, 11) is 0. The van der Waals surface area contributed by atoms with Gasteiger partial charge < -0.3 is 4.74 Å². The number of alkyl halides is 1. The fourth-order valence-corrected chi connectivity index (χ4v) is 2.16. The highest BCUT2D eigenvalue weighted by molar-refractivity contribution is 6.18. The summed E-state index contributed by atoms with van der Waals surface area (Å²) >= 11 is 5.63. The number of halogens is 1. The molecule has 0 aromatic heterocycles. The number of hydrogen-bond acceptors (Lipinski definition) is 3. The van der Waals surface area contributed by atoms with Gasteiger partial charge in [-0.05, 0) is 24.3 Å². The number of benzene rings is 1. The maximum absolute atomic E-state index is 12.1. The standard InChI is InChI=1S/C16H21ClO3/c1-12(11-20-13(2)18)10-14-6-3-4-7-15(14)16(19)8-5-9-17/h3-4,6-7,12H,5,8-11H2,1-2H3. The Morgan fingerprint density at radius 2 is 2.00 bits per heavy atom. The Morgan fingerprint density at radius 1 is 1.30 bits per heavy atom. The first-order chi connectivity index (χ1) is 9.54. The number of esters is 1. The Bertz CT molecular complexity index is 457. The third kappa shape index (κ3) is 5.74. The van der Waals surface area contributed by atoms with E-state index in [4.69, 9.17) is 16.3 Å². The molecule has 0 radical (unpaired) electrons. The zero-order valence-corrected chi connectivity index (χ0v) is 12.8. The number of rotatable bonds is 8. The van der Waals surface area contributed by atoms with Crippen molar-refractivity contribution in [2.24, 2.45) is 5.92 Å². The molecule has 4 heteroatoms. The SMILES string of the molecule is CC(=O)OCC(C)Cc1ccccc1C(=O)CCCCl. The van der Waals surface area contributed by atoms with Crippen molar-refractivity contribution in [2.45, 2.75) is 33.1 Å². The smallest absolute Gasteiger partial charge is 0.302 e. The third-order valence-electron chi connectivity index (χ3n) is 2.99. The lowest BCUT2D eigenvalue weighted by atomic mass is 9.94. The van der Waals surface area contributed by atoms with Gasteiger partial charge in [-0.25, -0.2) is 0 Å². The number of hydrogen-bond donors (Lipinski definition) is 0. The molecule has 0 amide bonds. The van der Waals surface area contributed by atoms with Gasteiger partial charge in [0.15, 0.2) is 5.78 Å². The van der Waals surface area contributed by atoms with Crippen molar-refractivity contribution in [2.75, 3.05) is 12.5 Å². The summed E-state index contributed by atoms with van der Waals surface area (Å²) in [5, 5.41) is 0. The van der Waals surface area contributed by atoms with E-state index in [1.54, 1.807) is 0 Å². The highest BCUT2D eigenvalue weighted by atomic mass is 35.5. The van der Waals surface area contributed by atoms with Crippen molar-refractivity contribution in [3.8, 4) is 0 Å². The summed E-state index contributed by atoms with van der Waals surface area (Å²) in [6.07, 6.45) is 1.88. The summed E-state index contributed by atoms with van der Waals surface area (Å²) in [5.74, 6) is 0.529. The van der Waals surface area contributed by atoms with Crippen LogP contribution in [0.15, 0.2) is 24.3 Å². The lowest BCUT2D eigenvalue weighted by molar-refractivity contribution is -0.142. The molecule has 3 nitrogen and oxygen atoms in total. The van der Waals surface area contributed by atoms with Crippen LogP contribution in [0.1, 0.15) is 42.6 Å². The van der Waals surface area contributed by atoms with Gasteiger partial charge in [0.25, 0.3) is 0 Å². The minimum Gasteiger partial charge on any atom is -0.466 e. The molecular formula is C16H21ClO3. The molecule has 0 aliphatic rings. The maximum Gasteiger partial charge on any atom is 0.302 e. The number of ketones is 1. The lowest BCUT2D eigenvalue weighted by Gasteiger charge is -2.14. The molecule has 0 fully saturated rings. The first-order valence-corrected chi connectivity index (χ1v) is 7.38. The van der Waals surface area contributed by atoms with Crippen molar-refractivity contribution >= 4 is 23.4 Å². The van der Waals surface area contributed by atoms with Crippen molar-refractivity contribution in [1.82, 2.24) is 0 Å². The van der Waals surface area contributed by atoms with E-state index in [0.717, 1.165) is 17.5 Å². The molecule has 0 aliphatic heterocycles. The second-order valence-corrected chi connectivity index (χ2v) is 5.36. The van der Waals surface area contributed by atoms with Crippen molar-refractivity contribution < 1.29 is 14.3 Å². The first-order valence-electron chi connectivity index (χ1n) is 6.85. The van der Waals surface area contributed by atoms with Crippen LogP contribution >= 0.6 is 11.6 Å². The van der Waals surface area contributed by atoms with Crippen LogP contribution in [0.2, 0.25) is 0 Å². The normalized spacial score (nSPS) is 11.9. The molecule has 0 heterocycles. The fraction of sp³-hybridized carbons (Fsp3) is 0.500. The molecular weight excluding hydrogens is 276 g/mol. The second kappa shape index (κ2) is 8.75. The molecule has 110 valence electrons. The molecule has 0 saturated heterocycles. The molecule has 1 unspecified atom stereocenters. The Kier molecular flexibility index (Phi) is 7.31. The van der Waals surface area contributed by atoms with Crippen LogP contribution in [0.3, 0.4) is 0 Å². The molecule has 0 N–H and O–H groups in total. The highest BCUT2D eigenvalue weighted by Crippen LogP contribution is 2.17. The molecule has 1 rings (SSSR count). The number of carbonyl (C=O) groups excluding carboxylic acids is 2. The molecule has 20 heavy (non-hydrogen) atoms.